The van der Waals surface area contributed by atoms with Gasteiger partial charge in [0.2, 0.25) is 5.91 Å². The molecule has 0 aromatic carbocycles. The molecule has 0 aromatic rings. The summed E-state index contributed by atoms with van der Waals surface area (Å²) in [6, 6.07) is 2.36. The number of rotatable bonds is 4. The molecule has 0 bridgehead atoms. The van der Waals surface area contributed by atoms with E-state index in [1.54, 1.807) is 0 Å². The zero-order valence-electron chi connectivity index (χ0n) is 10.1. The second-order valence-electron chi connectivity index (χ2n) is 5.14. The molecule has 3 nitrogen and oxygen atoms in total. The quantitative estimate of drug-likeness (QED) is 0.710. The molecule has 0 saturated heterocycles. The fraction of sp³-hybridized carbons (Fsp3) is 0.833. The minimum absolute atomic E-state index is 0.0358. The SMILES string of the molecule is CC(C)CN(C(=O)C1(C#N)CC1)C(C)C. The van der Waals surface area contributed by atoms with Crippen molar-refractivity contribution in [2.75, 3.05) is 6.54 Å². The number of nitriles is 1. The van der Waals surface area contributed by atoms with E-state index < -0.39 is 5.41 Å². The highest BCUT2D eigenvalue weighted by molar-refractivity contribution is 5.88. The summed E-state index contributed by atoms with van der Waals surface area (Å²) in [6.45, 7) is 8.95. The van der Waals surface area contributed by atoms with Crippen molar-refractivity contribution >= 4 is 5.91 Å². The van der Waals surface area contributed by atoms with Gasteiger partial charge in [0.05, 0.1) is 6.07 Å². The molecule has 1 aliphatic rings. The molecule has 0 aromatic heterocycles. The van der Waals surface area contributed by atoms with Crippen molar-refractivity contribution in [1.29, 1.82) is 5.26 Å². The van der Waals surface area contributed by atoms with Crippen LogP contribution in [0.1, 0.15) is 40.5 Å². The summed E-state index contributed by atoms with van der Waals surface area (Å²) in [7, 11) is 0. The molecule has 0 atom stereocenters. The first-order chi connectivity index (χ1) is 6.93. The number of hydrogen-bond donors (Lipinski definition) is 0. The van der Waals surface area contributed by atoms with Gasteiger partial charge in [-0.2, -0.15) is 5.26 Å². The lowest BCUT2D eigenvalue weighted by atomic mass is 10.0. The Balaban J connectivity index is 2.73. The summed E-state index contributed by atoms with van der Waals surface area (Å²) < 4.78 is 0. The topological polar surface area (TPSA) is 44.1 Å². The summed E-state index contributed by atoms with van der Waals surface area (Å²) in [4.78, 5) is 14.0. The van der Waals surface area contributed by atoms with Crippen LogP contribution in [-0.4, -0.2) is 23.4 Å². The van der Waals surface area contributed by atoms with Crippen molar-refractivity contribution in [2.45, 2.75) is 46.6 Å². The third-order valence-electron chi connectivity index (χ3n) is 2.82. The summed E-state index contributed by atoms with van der Waals surface area (Å²) in [5.74, 6) is 0.486. The lowest BCUT2D eigenvalue weighted by molar-refractivity contribution is -0.137. The highest BCUT2D eigenvalue weighted by Gasteiger charge is 2.52. The van der Waals surface area contributed by atoms with Gasteiger partial charge >= 0.3 is 0 Å². The van der Waals surface area contributed by atoms with E-state index in [9.17, 15) is 4.79 Å². The largest absolute Gasteiger partial charge is 0.339 e. The number of hydrogen-bond acceptors (Lipinski definition) is 2. The van der Waals surface area contributed by atoms with Crippen molar-refractivity contribution < 1.29 is 4.79 Å². The highest BCUT2D eigenvalue weighted by Crippen LogP contribution is 2.46. The van der Waals surface area contributed by atoms with Gasteiger partial charge in [-0.05, 0) is 32.6 Å². The van der Waals surface area contributed by atoms with Gasteiger partial charge in [-0.3, -0.25) is 4.79 Å². The fourth-order valence-corrected chi connectivity index (χ4v) is 1.70. The number of amides is 1. The van der Waals surface area contributed by atoms with Crippen molar-refractivity contribution in [3.8, 4) is 6.07 Å². The molecule has 0 spiro atoms. The Hall–Kier alpha value is -1.04. The maximum absolute atomic E-state index is 12.1. The molecule has 15 heavy (non-hydrogen) atoms. The second-order valence-corrected chi connectivity index (χ2v) is 5.14. The number of carbonyl (C=O) groups excluding carboxylic acids is 1. The Morgan fingerprint density at radius 2 is 1.93 bits per heavy atom. The van der Waals surface area contributed by atoms with Crippen LogP contribution in [0.15, 0.2) is 0 Å². The number of nitrogens with zero attached hydrogens (tertiary/aromatic N) is 2. The van der Waals surface area contributed by atoms with Crippen molar-refractivity contribution in [3.63, 3.8) is 0 Å². The van der Waals surface area contributed by atoms with Gasteiger partial charge in [-0.15, -0.1) is 0 Å². The number of carbonyl (C=O) groups is 1. The molecule has 1 fully saturated rings. The minimum Gasteiger partial charge on any atom is -0.339 e. The van der Waals surface area contributed by atoms with E-state index in [0.717, 1.165) is 19.4 Å². The highest BCUT2D eigenvalue weighted by atomic mass is 16.2. The predicted octanol–water partition coefficient (Wildman–Crippen LogP) is 2.18. The van der Waals surface area contributed by atoms with E-state index in [-0.39, 0.29) is 11.9 Å². The summed E-state index contributed by atoms with van der Waals surface area (Å²) >= 11 is 0. The van der Waals surface area contributed by atoms with Crippen LogP contribution in [0, 0.1) is 22.7 Å². The normalized spacial score (nSPS) is 17.7. The Morgan fingerprint density at radius 3 is 2.20 bits per heavy atom. The van der Waals surface area contributed by atoms with Crippen LogP contribution >= 0.6 is 0 Å². The molecule has 0 unspecified atom stereocenters. The monoisotopic (exact) mass is 208 g/mol. The lowest BCUT2D eigenvalue weighted by Gasteiger charge is -2.30. The summed E-state index contributed by atoms with van der Waals surface area (Å²) in [5.41, 5.74) is -0.667. The van der Waals surface area contributed by atoms with Crippen LogP contribution in [0.4, 0.5) is 0 Å². The Morgan fingerprint density at radius 1 is 1.40 bits per heavy atom. The molecular formula is C12H20N2O. The average molecular weight is 208 g/mol. The molecule has 1 rings (SSSR count). The molecule has 1 amide bonds. The standard InChI is InChI=1S/C12H20N2O/c1-9(2)7-14(10(3)4)11(15)12(8-13)5-6-12/h9-10H,5-7H2,1-4H3. The van der Waals surface area contributed by atoms with E-state index in [0.29, 0.717) is 5.92 Å². The Bertz CT molecular complexity index is 284. The minimum atomic E-state index is -0.667. The molecule has 0 N–H and O–H groups in total. The van der Waals surface area contributed by atoms with Crippen LogP contribution in [0.5, 0.6) is 0 Å². The molecule has 0 heterocycles. The molecule has 1 aliphatic carbocycles. The van der Waals surface area contributed by atoms with Gasteiger partial charge in [0.1, 0.15) is 5.41 Å². The average Bonchev–Trinajstić information content (AvgIpc) is 2.93. The molecule has 1 saturated carbocycles. The van der Waals surface area contributed by atoms with Gasteiger partial charge in [0, 0.05) is 12.6 Å². The molecule has 3 heteroatoms. The van der Waals surface area contributed by atoms with Crippen LogP contribution in [0.25, 0.3) is 0 Å². The van der Waals surface area contributed by atoms with E-state index in [2.05, 4.69) is 19.9 Å². The van der Waals surface area contributed by atoms with Crippen LogP contribution in [-0.2, 0) is 4.79 Å². The predicted molar refractivity (Wildman–Crippen MR) is 59.0 cm³/mol. The van der Waals surface area contributed by atoms with Gasteiger partial charge in [-0.1, -0.05) is 13.8 Å². The second kappa shape index (κ2) is 4.22. The third-order valence-corrected chi connectivity index (χ3v) is 2.82. The molecular weight excluding hydrogens is 188 g/mol. The lowest BCUT2D eigenvalue weighted by Crippen LogP contribution is -2.43. The van der Waals surface area contributed by atoms with Crippen LogP contribution in [0.2, 0.25) is 0 Å². The molecule has 0 radical (unpaired) electrons. The van der Waals surface area contributed by atoms with E-state index in [1.807, 2.05) is 18.7 Å². The first-order valence-electron chi connectivity index (χ1n) is 5.65. The van der Waals surface area contributed by atoms with Gasteiger partial charge in [-0.25, -0.2) is 0 Å². The van der Waals surface area contributed by atoms with Gasteiger partial charge in [0.25, 0.3) is 0 Å². The molecule has 84 valence electrons. The summed E-state index contributed by atoms with van der Waals surface area (Å²) in [6.07, 6.45) is 1.48. The van der Waals surface area contributed by atoms with E-state index in [4.69, 9.17) is 5.26 Å². The maximum Gasteiger partial charge on any atom is 0.243 e. The van der Waals surface area contributed by atoms with Crippen molar-refractivity contribution in [1.82, 2.24) is 4.90 Å². The fourth-order valence-electron chi connectivity index (χ4n) is 1.70. The summed E-state index contributed by atoms with van der Waals surface area (Å²) in [5, 5.41) is 8.99. The Labute approximate surface area is 92.1 Å². The Kier molecular flexibility index (Phi) is 3.38. The van der Waals surface area contributed by atoms with Gasteiger partial charge < -0.3 is 4.90 Å². The van der Waals surface area contributed by atoms with E-state index >= 15 is 0 Å². The first-order valence-corrected chi connectivity index (χ1v) is 5.65. The zero-order chi connectivity index (χ0) is 11.6. The van der Waals surface area contributed by atoms with Gasteiger partial charge in [0.15, 0.2) is 0 Å². The van der Waals surface area contributed by atoms with Crippen LogP contribution < -0.4 is 0 Å². The molecule has 0 aliphatic heterocycles. The van der Waals surface area contributed by atoms with E-state index in [1.165, 1.54) is 0 Å². The van der Waals surface area contributed by atoms with Crippen molar-refractivity contribution in [3.05, 3.63) is 0 Å². The smallest absolute Gasteiger partial charge is 0.243 e. The maximum atomic E-state index is 12.1. The first kappa shape index (κ1) is 12.0. The zero-order valence-corrected chi connectivity index (χ0v) is 10.1. The van der Waals surface area contributed by atoms with Crippen molar-refractivity contribution in [2.24, 2.45) is 11.3 Å². The van der Waals surface area contributed by atoms with Crippen LogP contribution in [0.3, 0.4) is 0 Å². The third kappa shape index (κ3) is 2.50.